The van der Waals surface area contributed by atoms with Crippen LogP contribution in [0.5, 0.6) is 0 Å². The summed E-state index contributed by atoms with van der Waals surface area (Å²) in [6.45, 7) is 5.16. The molecule has 0 aliphatic heterocycles. The van der Waals surface area contributed by atoms with Gasteiger partial charge in [-0.1, -0.05) is 24.3 Å². The number of carbonyl (C=O) groups is 1. The molecular formula is C25H26N4O3S. The Kier molecular flexibility index (Phi) is 7.16. The number of thiophene rings is 1. The average Bonchev–Trinajstić information content (AvgIpc) is 3.56. The number of hydrogen-bond donors (Lipinski definition) is 0. The van der Waals surface area contributed by atoms with Gasteiger partial charge in [0, 0.05) is 36.8 Å². The Labute approximate surface area is 196 Å². The van der Waals surface area contributed by atoms with Crippen LogP contribution in [0.3, 0.4) is 0 Å². The lowest BCUT2D eigenvalue weighted by Crippen LogP contribution is -2.32. The number of carbonyl (C=O) groups excluding carboxylic acids is 1. The van der Waals surface area contributed by atoms with Crippen LogP contribution in [-0.4, -0.2) is 45.8 Å². The Hall–Kier alpha value is -3.49. The summed E-state index contributed by atoms with van der Waals surface area (Å²) in [5.41, 5.74) is 4.27. The lowest BCUT2D eigenvalue weighted by molar-refractivity contribution is -0.127. The molecule has 7 nitrogen and oxygen atoms in total. The molecule has 33 heavy (non-hydrogen) atoms. The second-order valence-corrected chi connectivity index (χ2v) is 8.51. The molecule has 1 aromatic carbocycles. The Morgan fingerprint density at radius 2 is 2.00 bits per heavy atom. The Morgan fingerprint density at radius 3 is 2.73 bits per heavy atom. The molecule has 4 aromatic rings. The van der Waals surface area contributed by atoms with E-state index >= 15 is 0 Å². The van der Waals surface area contributed by atoms with Gasteiger partial charge < -0.3 is 18.6 Å². The van der Waals surface area contributed by atoms with Crippen LogP contribution in [0.2, 0.25) is 0 Å². The number of nitrogens with zero attached hydrogens (tertiary/aromatic N) is 4. The van der Waals surface area contributed by atoms with Gasteiger partial charge in [-0.15, -0.1) is 21.5 Å². The first-order valence-corrected chi connectivity index (χ1v) is 11.5. The van der Waals surface area contributed by atoms with Crippen molar-refractivity contribution in [2.24, 2.45) is 0 Å². The highest BCUT2D eigenvalue weighted by atomic mass is 32.1. The molecule has 0 bridgehead atoms. The van der Waals surface area contributed by atoms with Gasteiger partial charge in [-0.3, -0.25) is 4.79 Å². The van der Waals surface area contributed by atoms with Gasteiger partial charge in [-0.25, -0.2) is 0 Å². The van der Waals surface area contributed by atoms with E-state index in [4.69, 9.17) is 9.15 Å². The highest BCUT2D eigenvalue weighted by Gasteiger charge is 2.17. The lowest BCUT2D eigenvalue weighted by atomic mass is 10.2. The Balaban J connectivity index is 1.51. The molecule has 0 aliphatic carbocycles. The highest BCUT2D eigenvalue weighted by Crippen LogP contribution is 2.24. The molecule has 0 aliphatic rings. The summed E-state index contributed by atoms with van der Waals surface area (Å²) in [5, 5.41) is 10.2. The number of benzene rings is 1. The van der Waals surface area contributed by atoms with Crippen molar-refractivity contribution in [2.45, 2.75) is 20.4 Å². The van der Waals surface area contributed by atoms with E-state index in [9.17, 15) is 4.79 Å². The zero-order chi connectivity index (χ0) is 23.2. The number of rotatable bonds is 9. The topological polar surface area (TPSA) is 73.4 Å². The van der Waals surface area contributed by atoms with E-state index in [-0.39, 0.29) is 12.5 Å². The normalized spacial score (nSPS) is 11.4. The summed E-state index contributed by atoms with van der Waals surface area (Å²) in [6.07, 6.45) is 3.44. The third-order valence-corrected chi connectivity index (χ3v) is 6.15. The van der Waals surface area contributed by atoms with Crippen molar-refractivity contribution in [3.63, 3.8) is 0 Å². The van der Waals surface area contributed by atoms with Gasteiger partial charge in [0.25, 0.3) is 5.89 Å². The van der Waals surface area contributed by atoms with Gasteiger partial charge >= 0.3 is 0 Å². The number of ether oxygens (including phenoxy) is 1. The van der Waals surface area contributed by atoms with Crippen molar-refractivity contribution >= 4 is 23.3 Å². The van der Waals surface area contributed by atoms with Crippen LogP contribution in [0.4, 0.5) is 0 Å². The molecule has 0 saturated carbocycles. The van der Waals surface area contributed by atoms with E-state index in [2.05, 4.69) is 46.8 Å². The second kappa shape index (κ2) is 10.4. The van der Waals surface area contributed by atoms with Crippen LogP contribution in [0.15, 0.2) is 64.4 Å². The van der Waals surface area contributed by atoms with Crippen molar-refractivity contribution < 1.29 is 13.9 Å². The summed E-state index contributed by atoms with van der Waals surface area (Å²) in [4.78, 5) is 15.6. The van der Waals surface area contributed by atoms with Gasteiger partial charge in [0.1, 0.15) is 0 Å². The zero-order valence-corrected chi connectivity index (χ0v) is 19.7. The highest BCUT2D eigenvalue weighted by molar-refractivity contribution is 7.13. The minimum atomic E-state index is -0.146. The lowest BCUT2D eigenvalue weighted by Gasteiger charge is -2.18. The van der Waals surface area contributed by atoms with Gasteiger partial charge in [-0.05, 0) is 55.1 Å². The van der Waals surface area contributed by atoms with Gasteiger partial charge in [0.15, 0.2) is 0 Å². The number of hydrogen-bond acceptors (Lipinski definition) is 6. The fourth-order valence-corrected chi connectivity index (χ4v) is 4.29. The molecule has 0 fully saturated rings. The summed E-state index contributed by atoms with van der Waals surface area (Å²) in [6, 6.07) is 16.1. The van der Waals surface area contributed by atoms with E-state index < -0.39 is 0 Å². The van der Waals surface area contributed by atoms with Crippen LogP contribution in [0.25, 0.3) is 22.5 Å². The van der Waals surface area contributed by atoms with Crippen LogP contribution < -0.4 is 0 Å². The third-order valence-electron chi connectivity index (χ3n) is 5.29. The van der Waals surface area contributed by atoms with Gasteiger partial charge in [0.05, 0.1) is 18.0 Å². The molecule has 3 heterocycles. The predicted molar refractivity (Wildman–Crippen MR) is 129 cm³/mol. The van der Waals surface area contributed by atoms with Crippen LogP contribution in [0, 0.1) is 13.8 Å². The number of aryl methyl sites for hydroxylation is 1. The first kappa shape index (κ1) is 22.7. The third kappa shape index (κ3) is 5.30. The molecule has 0 atom stereocenters. The minimum absolute atomic E-state index is 0.146. The van der Waals surface area contributed by atoms with Gasteiger partial charge in [0.2, 0.25) is 11.8 Å². The average molecular weight is 463 g/mol. The van der Waals surface area contributed by atoms with E-state index in [1.165, 1.54) is 11.3 Å². The maximum absolute atomic E-state index is 13.0. The standard InChI is InChI=1S/C25H26N4O3S/c1-18-16-20(19(2)29(18)21-8-5-4-6-9-21)11-12-24(30)28(13-14-31-3)17-23-26-27-25(32-23)22-10-7-15-33-22/h4-12,15-16H,13-14,17H2,1-3H3. The molecule has 0 radical (unpaired) electrons. The summed E-state index contributed by atoms with van der Waals surface area (Å²) < 4.78 is 13.1. The number of aromatic nitrogens is 3. The molecule has 0 N–H and O–H groups in total. The fourth-order valence-electron chi connectivity index (χ4n) is 3.65. The van der Waals surface area contributed by atoms with E-state index in [0.717, 1.165) is 27.5 Å². The summed E-state index contributed by atoms with van der Waals surface area (Å²) >= 11 is 1.53. The Bertz CT molecular complexity index is 1230. The molecule has 3 aromatic heterocycles. The predicted octanol–water partition coefficient (Wildman–Crippen LogP) is 4.89. The molecule has 1 amide bonds. The molecule has 0 unspecified atom stereocenters. The van der Waals surface area contributed by atoms with Crippen molar-refractivity contribution in [3.05, 3.63) is 82.8 Å². The quantitative estimate of drug-likeness (QED) is 0.331. The van der Waals surface area contributed by atoms with Crippen molar-refractivity contribution in [3.8, 4) is 16.5 Å². The van der Waals surface area contributed by atoms with Crippen LogP contribution in [-0.2, 0) is 16.1 Å². The van der Waals surface area contributed by atoms with Crippen LogP contribution >= 0.6 is 11.3 Å². The van der Waals surface area contributed by atoms with Crippen molar-refractivity contribution in [1.29, 1.82) is 0 Å². The first-order chi connectivity index (χ1) is 16.1. The number of amides is 1. The zero-order valence-electron chi connectivity index (χ0n) is 18.9. The maximum atomic E-state index is 13.0. The van der Waals surface area contributed by atoms with Crippen LogP contribution in [0.1, 0.15) is 22.8 Å². The van der Waals surface area contributed by atoms with Crippen molar-refractivity contribution in [1.82, 2.24) is 19.7 Å². The number of para-hydroxylation sites is 1. The second-order valence-electron chi connectivity index (χ2n) is 7.56. The maximum Gasteiger partial charge on any atom is 0.257 e. The molecule has 0 spiro atoms. The summed E-state index contributed by atoms with van der Waals surface area (Å²) in [5.74, 6) is 0.703. The molecule has 0 saturated heterocycles. The minimum Gasteiger partial charge on any atom is -0.418 e. The SMILES string of the molecule is COCCN(Cc1nnc(-c2cccs2)o1)C(=O)C=Cc1cc(C)n(-c2ccccc2)c1C. The number of methoxy groups -OCH3 is 1. The molecular weight excluding hydrogens is 436 g/mol. The molecule has 4 rings (SSSR count). The Morgan fingerprint density at radius 1 is 1.18 bits per heavy atom. The molecule has 8 heteroatoms. The van der Waals surface area contributed by atoms with E-state index in [1.54, 1.807) is 18.1 Å². The van der Waals surface area contributed by atoms with Crippen molar-refractivity contribution in [2.75, 3.05) is 20.3 Å². The monoisotopic (exact) mass is 462 g/mol. The fraction of sp³-hybridized carbons (Fsp3) is 0.240. The molecule has 170 valence electrons. The van der Waals surface area contributed by atoms with E-state index in [1.807, 2.05) is 41.8 Å². The largest absolute Gasteiger partial charge is 0.418 e. The van der Waals surface area contributed by atoms with E-state index in [0.29, 0.717) is 24.9 Å². The first-order valence-electron chi connectivity index (χ1n) is 10.6. The van der Waals surface area contributed by atoms with Gasteiger partial charge in [-0.2, -0.15) is 0 Å². The smallest absolute Gasteiger partial charge is 0.257 e. The summed E-state index contributed by atoms with van der Waals surface area (Å²) in [7, 11) is 1.61.